The van der Waals surface area contributed by atoms with Crippen LogP contribution in [0, 0.1) is 6.92 Å². The molecule has 0 spiro atoms. The van der Waals surface area contributed by atoms with Crippen LogP contribution in [-0.2, 0) is 36.4 Å². The summed E-state index contributed by atoms with van der Waals surface area (Å²) in [5.41, 5.74) is 3.67. The Labute approximate surface area is 226 Å². The van der Waals surface area contributed by atoms with E-state index in [4.69, 9.17) is 9.47 Å². The monoisotopic (exact) mass is 531 g/mol. The lowest BCUT2D eigenvalue weighted by Crippen LogP contribution is -2.49. The molecule has 7 heteroatoms. The molecule has 0 radical (unpaired) electrons. The highest BCUT2D eigenvalue weighted by Crippen LogP contribution is 2.49. The summed E-state index contributed by atoms with van der Waals surface area (Å²) in [7, 11) is -0.374. The average molecular weight is 532 g/mol. The second kappa shape index (κ2) is 12.3. The summed E-state index contributed by atoms with van der Waals surface area (Å²) >= 11 is 0. The molecule has 3 aromatic carbocycles. The number of rotatable bonds is 9. The molecule has 1 unspecified atom stereocenters. The highest BCUT2D eigenvalue weighted by atomic mass is 32.2. The van der Waals surface area contributed by atoms with Gasteiger partial charge in [0, 0.05) is 24.1 Å². The van der Waals surface area contributed by atoms with Crippen molar-refractivity contribution in [3.8, 4) is 0 Å². The van der Waals surface area contributed by atoms with Gasteiger partial charge >= 0.3 is 11.9 Å². The van der Waals surface area contributed by atoms with Gasteiger partial charge in [0.05, 0.1) is 30.6 Å². The van der Waals surface area contributed by atoms with Crippen LogP contribution in [0.4, 0.5) is 0 Å². The Balaban J connectivity index is 1.88. The van der Waals surface area contributed by atoms with Gasteiger partial charge in [-0.2, -0.15) is 0 Å². The first kappa shape index (κ1) is 27.5. The highest BCUT2D eigenvalue weighted by molar-refractivity contribution is 7.87. The zero-order valence-corrected chi connectivity index (χ0v) is 22.8. The summed E-state index contributed by atoms with van der Waals surface area (Å²) in [6.45, 7) is 5.10. The van der Waals surface area contributed by atoms with E-state index in [9.17, 15) is 13.8 Å². The molecule has 4 rings (SSSR count). The molecule has 1 aliphatic rings. The predicted molar refractivity (Wildman–Crippen MR) is 149 cm³/mol. The summed E-state index contributed by atoms with van der Waals surface area (Å²) in [5, 5.41) is 0. The van der Waals surface area contributed by atoms with E-state index >= 15 is 0 Å². The number of nitrogens with zero attached hydrogens (tertiary/aromatic N) is 1. The van der Waals surface area contributed by atoms with Gasteiger partial charge in [0.15, 0.2) is 4.75 Å². The molecule has 38 heavy (non-hydrogen) atoms. The predicted octanol–water partition coefficient (Wildman–Crippen LogP) is 5.24. The fourth-order valence-corrected chi connectivity index (χ4v) is 6.89. The number of ether oxygens (including phenoxy) is 2. The van der Waals surface area contributed by atoms with Crippen LogP contribution in [-0.4, -0.2) is 46.1 Å². The first-order valence-electron chi connectivity index (χ1n) is 12.7. The number of hydrogen-bond acceptors (Lipinski definition) is 6. The Morgan fingerprint density at radius 2 is 1.71 bits per heavy atom. The Bertz CT molecular complexity index is 1320. The van der Waals surface area contributed by atoms with E-state index in [0.29, 0.717) is 24.4 Å². The van der Waals surface area contributed by atoms with Crippen LogP contribution in [0.1, 0.15) is 41.6 Å². The molecule has 6 nitrogen and oxygen atoms in total. The first-order valence-corrected chi connectivity index (χ1v) is 13.8. The molecule has 0 bridgehead atoms. The molecule has 0 aliphatic carbocycles. The molecule has 198 valence electrons. The van der Waals surface area contributed by atoms with Gasteiger partial charge in [-0.3, -0.25) is 13.9 Å². The van der Waals surface area contributed by atoms with Crippen LogP contribution >= 0.6 is 0 Å². The highest BCUT2D eigenvalue weighted by Gasteiger charge is 2.59. The molecule has 1 fully saturated rings. The molecule has 3 atom stereocenters. The second-order valence-electron chi connectivity index (χ2n) is 9.29. The topological polar surface area (TPSA) is 72.9 Å². The summed E-state index contributed by atoms with van der Waals surface area (Å²) in [4.78, 5) is 28.6. The number of likely N-dealkylation sites (tertiary alicyclic amines) is 1. The first-order chi connectivity index (χ1) is 18.4. The maximum absolute atomic E-state index is 14.4. The fourth-order valence-electron chi connectivity index (χ4n) is 5.09. The summed E-state index contributed by atoms with van der Waals surface area (Å²) in [5.74, 6) is -0.960. The lowest BCUT2D eigenvalue weighted by molar-refractivity contribution is -0.144. The molecule has 0 aromatic heterocycles. The van der Waals surface area contributed by atoms with E-state index in [-0.39, 0.29) is 6.61 Å². The third-order valence-electron chi connectivity index (χ3n) is 6.88. The van der Waals surface area contributed by atoms with Crippen molar-refractivity contribution in [3.63, 3.8) is 0 Å². The molecule has 0 saturated carbocycles. The van der Waals surface area contributed by atoms with Crippen molar-refractivity contribution in [2.24, 2.45) is 0 Å². The van der Waals surface area contributed by atoms with Crippen LogP contribution in [0.25, 0.3) is 6.08 Å². The minimum atomic E-state index is -1.72. The minimum absolute atomic E-state index is 0.277. The van der Waals surface area contributed by atoms with E-state index < -0.39 is 33.5 Å². The Morgan fingerprint density at radius 3 is 2.39 bits per heavy atom. The van der Waals surface area contributed by atoms with Crippen molar-refractivity contribution in [1.82, 2.24) is 4.90 Å². The summed E-state index contributed by atoms with van der Waals surface area (Å²) in [6.07, 6.45) is 3.44. The molecule has 0 amide bonds. The van der Waals surface area contributed by atoms with E-state index in [2.05, 4.69) is 4.90 Å². The normalized spacial score (nSPS) is 20.3. The minimum Gasteiger partial charge on any atom is -0.468 e. The summed E-state index contributed by atoms with van der Waals surface area (Å²) < 4.78 is 23.5. The number of esters is 2. The maximum Gasteiger partial charge on any atom is 0.330 e. The van der Waals surface area contributed by atoms with Crippen molar-refractivity contribution in [2.75, 3.05) is 20.3 Å². The number of benzene rings is 3. The van der Waals surface area contributed by atoms with E-state index in [1.807, 2.05) is 85.8 Å². The van der Waals surface area contributed by atoms with Crippen molar-refractivity contribution in [2.45, 2.75) is 42.5 Å². The van der Waals surface area contributed by atoms with Crippen LogP contribution in [0.3, 0.4) is 0 Å². The summed E-state index contributed by atoms with van der Waals surface area (Å²) in [6, 6.07) is 24.5. The van der Waals surface area contributed by atoms with Crippen LogP contribution < -0.4 is 0 Å². The molecular formula is C31H33NO5S. The quantitative estimate of drug-likeness (QED) is 0.278. The third kappa shape index (κ3) is 5.64. The molecule has 3 aromatic rings. The van der Waals surface area contributed by atoms with E-state index in [0.717, 1.165) is 22.3 Å². The molecular weight excluding hydrogens is 498 g/mol. The van der Waals surface area contributed by atoms with Crippen molar-refractivity contribution in [3.05, 3.63) is 107 Å². The zero-order valence-electron chi connectivity index (χ0n) is 22.0. The zero-order chi connectivity index (χ0) is 27.1. The Hall–Kier alpha value is -3.55. The smallest absolute Gasteiger partial charge is 0.330 e. The van der Waals surface area contributed by atoms with Crippen molar-refractivity contribution < 1.29 is 23.3 Å². The lowest BCUT2D eigenvalue weighted by atomic mass is 9.89. The van der Waals surface area contributed by atoms with Crippen molar-refractivity contribution in [1.29, 1.82) is 0 Å². The van der Waals surface area contributed by atoms with Gasteiger partial charge in [-0.05, 0) is 55.2 Å². The third-order valence-corrected chi connectivity index (χ3v) is 8.83. The van der Waals surface area contributed by atoms with Gasteiger partial charge in [0.2, 0.25) is 0 Å². The van der Waals surface area contributed by atoms with E-state index in [1.165, 1.54) is 13.2 Å². The molecule has 1 saturated heterocycles. The van der Waals surface area contributed by atoms with Gasteiger partial charge in [0.1, 0.15) is 0 Å². The SMILES string of the molecule is CCOC(=O)/C=C/c1ccccc1[C@H]1N(Cc2ccccc2)CC[C@@]1(C(=O)OC)S(=O)c1ccc(C)cc1. The van der Waals surface area contributed by atoms with Gasteiger partial charge in [-0.1, -0.05) is 72.3 Å². The van der Waals surface area contributed by atoms with Gasteiger partial charge < -0.3 is 9.47 Å². The van der Waals surface area contributed by atoms with Crippen LogP contribution in [0.15, 0.2) is 89.8 Å². The molecule has 1 heterocycles. The van der Waals surface area contributed by atoms with Crippen LogP contribution in [0.5, 0.6) is 0 Å². The number of methoxy groups -OCH3 is 1. The van der Waals surface area contributed by atoms with Gasteiger partial charge in [-0.25, -0.2) is 4.79 Å². The Morgan fingerprint density at radius 1 is 1.03 bits per heavy atom. The molecule has 0 N–H and O–H groups in total. The maximum atomic E-state index is 14.4. The number of hydrogen-bond donors (Lipinski definition) is 0. The second-order valence-corrected chi connectivity index (χ2v) is 11.0. The largest absolute Gasteiger partial charge is 0.468 e. The fraction of sp³-hybridized carbons (Fsp3) is 0.290. The standard InChI is InChI=1S/C31H33NO5S/c1-4-37-28(33)19-16-25-12-8-9-13-27(25)29-31(30(34)36-3,38(35)26-17-14-23(2)15-18-26)20-21-32(29)22-24-10-6-5-7-11-24/h5-19,29H,4,20-22H2,1-3H3/b19-16+/t29-,31-,38?/m1/s1. The number of aryl methyl sites for hydroxylation is 1. The molecule has 1 aliphatic heterocycles. The number of carbonyl (C=O) groups is 2. The number of carbonyl (C=O) groups excluding carboxylic acids is 2. The van der Waals surface area contributed by atoms with Gasteiger partial charge in [-0.15, -0.1) is 0 Å². The lowest BCUT2D eigenvalue weighted by Gasteiger charge is -2.36. The van der Waals surface area contributed by atoms with Gasteiger partial charge in [0.25, 0.3) is 0 Å². The average Bonchev–Trinajstić information content (AvgIpc) is 3.32. The van der Waals surface area contributed by atoms with E-state index in [1.54, 1.807) is 13.0 Å². The Kier molecular flexibility index (Phi) is 8.92. The van der Waals surface area contributed by atoms with Crippen molar-refractivity contribution >= 4 is 28.8 Å². The van der Waals surface area contributed by atoms with Crippen LogP contribution in [0.2, 0.25) is 0 Å².